The van der Waals surface area contributed by atoms with Crippen molar-refractivity contribution < 1.29 is 21.2 Å². The SMILES string of the molecule is CCc1ccc2c(c1)CC[I-]C2. The third-order valence-corrected chi connectivity index (χ3v) is 5.08. The second-order valence-corrected chi connectivity index (χ2v) is 6.14. The monoisotopic (exact) mass is 273 g/mol. The molecule has 0 spiro atoms. The minimum absolute atomic E-state index is 0.511. The van der Waals surface area contributed by atoms with E-state index in [0.29, 0.717) is 21.2 Å². The van der Waals surface area contributed by atoms with Crippen molar-refractivity contribution in [2.24, 2.45) is 0 Å². The van der Waals surface area contributed by atoms with Crippen molar-refractivity contribution in [3.05, 3.63) is 34.9 Å². The number of fused-ring (bicyclic) bond motifs is 1. The van der Waals surface area contributed by atoms with Crippen LogP contribution in [0.5, 0.6) is 0 Å². The van der Waals surface area contributed by atoms with Crippen LogP contribution in [0, 0.1) is 0 Å². The number of alkyl halides is 2. The van der Waals surface area contributed by atoms with Crippen LogP contribution in [0.15, 0.2) is 18.2 Å². The van der Waals surface area contributed by atoms with Gasteiger partial charge in [-0.3, -0.25) is 0 Å². The van der Waals surface area contributed by atoms with Crippen LogP contribution in [0.2, 0.25) is 0 Å². The van der Waals surface area contributed by atoms with Gasteiger partial charge in [0.1, 0.15) is 0 Å². The topological polar surface area (TPSA) is 0 Å². The summed E-state index contributed by atoms with van der Waals surface area (Å²) in [6.07, 6.45) is 2.54. The van der Waals surface area contributed by atoms with Crippen LogP contribution in [-0.4, -0.2) is 4.43 Å². The fourth-order valence-corrected chi connectivity index (χ4v) is 4.27. The first-order valence-electron chi connectivity index (χ1n) is 4.54. The van der Waals surface area contributed by atoms with Crippen molar-refractivity contribution in [2.45, 2.75) is 24.2 Å². The van der Waals surface area contributed by atoms with E-state index in [1.54, 1.807) is 11.1 Å². The molecule has 66 valence electrons. The van der Waals surface area contributed by atoms with E-state index in [4.69, 9.17) is 0 Å². The Balaban J connectivity index is 2.36. The first kappa shape index (κ1) is 8.54. The Bertz CT molecular complexity index is 278. The van der Waals surface area contributed by atoms with Gasteiger partial charge in [0.15, 0.2) is 0 Å². The molecule has 0 fully saturated rings. The van der Waals surface area contributed by atoms with Crippen LogP contribution in [0.4, 0.5) is 0 Å². The number of hydrogen-bond donors (Lipinski definition) is 0. The molecule has 0 aliphatic carbocycles. The van der Waals surface area contributed by atoms with Gasteiger partial charge >= 0.3 is 84.7 Å². The van der Waals surface area contributed by atoms with Crippen molar-refractivity contribution >= 4 is 0 Å². The van der Waals surface area contributed by atoms with Gasteiger partial charge in [-0.05, 0) is 0 Å². The van der Waals surface area contributed by atoms with Gasteiger partial charge in [0.25, 0.3) is 0 Å². The van der Waals surface area contributed by atoms with Crippen molar-refractivity contribution in [3.8, 4) is 0 Å². The van der Waals surface area contributed by atoms with Gasteiger partial charge in [0.2, 0.25) is 0 Å². The third kappa shape index (κ3) is 1.65. The summed E-state index contributed by atoms with van der Waals surface area (Å²) in [6, 6.07) is 7.07. The van der Waals surface area contributed by atoms with Gasteiger partial charge in [-0.1, -0.05) is 0 Å². The van der Waals surface area contributed by atoms with Gasteiger partial charge in [-0.15, -0.1) is 0 Å². The summed E-state index contributed by atoms with van der Waals surface area (Å²) in [7, 11) is 0. The summed E-state index contributed by atoms with van der Waals surface area (Å²) in [5, 5.41) is 0. The Morgan fingerprint density at radius 3 is 3.08 bits per heavy atom. The zero-order valence-corrected chi connectivity index (χ0v) is 9.60. The Kier molecular flexibility index (Phi) is 2.69. The molecule has 0 nitrogen and oxygen atoms in total. The minimum atomic E-state index is 0.511. The first-order chi connectivity index (χ1) is 5.90. The molecule has 12 heavy (non-hydrogen) atoms. The second kappa shape index (κ2) is 3.77. The van der Waals surface area contributed by atoms with E-state index >= 15 is 0 Å². The molecule has 1 aromatic rings. The molecule has 1 aliphatic heterocycles. The molecule has 1 aliphatic rings. The molecule has 1 aromatic carbocycles. The number of halogens is 1. The van der Waals surface area contributed by atoms with E-state index in [9.17, 15) is 0 Å². The van der Waals surface area contributed by atoms with Crippen molar-refractivity contribution in [2.75, 3.05) is 4.43 Å². The summed E-state index contributed by atoms with van der Waals surface area (Å²) < 4.78 is 2.91. The maximum absolute atomic E-state index is 2.41. The van der Waals surface area contributed by atoms with E-state index in [1.807, 2.05) is 0 Å². The number of benzene rings is 1. The molecule has 1 heteroatoms. The number of hydrogen-bond acceptors (Lipinski definition) is 0. The average molecular weight is 273 g/mol. The van der Waals surface area contributed by atoms with E-state index < -0.39 is 0 Å². The van der Waals surface area contributed by atoms with Crippen molar-refractivity contribution in [1.82, 2.24) is 0 Å². The Morgan fingerprint density at radius 2 is 2.25 bits per heavy atom. The zero-order valence-electron chi connectivity index (χ0n) is 7.44. The molecular formula is C11H14I-. The normalized spacial score (nSPS) is 16.4. The molecule has 0 aromatic heterocycles. The summed E-state index contributed by atoms with van der Waals surface area (Å²) in [6.45, 7) is 2.23. The van der Waals surface area contributed by atoms with E-state index in [0.717, 1.165) is 0 Å². The molecule has 0 amide bonds. The van der Waals surface area contributed by atoms with Gasteiger partial charge in [-0.25, -0.2) is 0 Å². The zero-order chi connectivity index (χ0) is 8.39. The predicted octanol–water partition coefficient (Wildman–Crippen LogP) is -0.606. The van der Waals surface area contributed by atoms with Gasteiger partial charge < -0.3 is 0 Å². The van der Waals surface area contributed by atoms with Crippen LogP contribution >= 0.6 is 0 Å². The molecule has 2 rings (SSSR count). The van der Waals surface area contributed by atoms with Gasteiger partial charge in [0.05, 0.1) is 0 Å². The number of aryl methyl sites for hydroxylation is 2. The van der Waals surface area contributed by atoms with E-state index in [1.165, 1.54) is 27.3 Å². The van der Waals surface area contributed by atoms with Crippen molar-refractivity contribution in [3.63, 3.8) is 0 Å². The third-order valence-electron chi connectivity index (χ3n) is 2.41. The summed E-state index contributed by atoms with van der Waals surface area (Å²) in [5.74, 6) is 0. The summed E-state index contributed by atoms with van der Waals surface area (Å²) >= 11 is 0.511. The van der Waals surface area contributed by atoms with Crippen LogP contribution in [0.1, 0.15) is 23.6 Å². The average Bonchev–Trinajstić information content (AvgIpc) is 2.17. The summed E-state index contributed by atoms with van der Waals surface area (Å²) in [4.78, 5) is 0. The molecule has 0 radical (unpaired) electrons. The Morgan fingerprint density at radius 1 is 1.33 bits per heavy atom. The molecule has 0 saturated carbocycles. The van der Waals surface area contributed by atoms with Gasteiger partial charge in [-0.2, -0.15) is 0 Å². The molecule has 0 N–H and O–H groups in total. The Labute approximate surface area is 84.6 Å². The molecule has 1 heterocycles. The quantitative estimate of drug-likeness (QED) is 0.473. The van der Waals surface area contributed by atoms with E-state index in [-0.39, 0.29) is 0 Å². The predicted molar refractivity (Wildman–Crippen MR) is 48.1 cm³/mol. The van der Waals surface area contributed by atoms with Crippen LogP contribution in [0.25, 0.3) is 0 Å². The van der Waals surface area contributed by atoms with Crippen molar-refractivity contribution in [1.29, 1.82) is 0 Å². The molecular weight excluding hydrogens is 259 g/mol. The summed E-state index contributed by atoms with van der Waals surface area (Å²) in [5.41, 5.74) is 4.79. The van der Waals surface area contributed by atoms with Crippen LogP contribution in [0.3, 0.4) is 0 Å². The first-order valence-corrected chi connectivity index (χ1v) is 7.59. The second-order valence-electron chi connectivity index (χ2n) is 3.22. The molecule has 0 atom stereocenters. The van der Waals surface area contributed by atoms with Crippen LogP contribution < -0.4 is 21.2 Å². The number of rotatable bonds is 1. The maximum atomic E-state index is 2.41. The molecule has 0 bridgehead atoms. The fourth-order valence-electron chi connectivity index (χ4n) is 1.60. The Hall–Kier alpha value is -0.0500. The molecule has 0 saturated heterocycles. The standard InChI is InChI=1S/C11H14I/c1-2-9-3-4-11-8-12-6-5-10(11)7-9/h3-4,7H,2,5-6,8H2,1H3/q-1. The van der Waals surface area contributed by atoms with E-state index in [2.05, 4.69) is 25.1 Å². The molecule has 0 unspecified atom stereocenters. The van der Waals surface area contributed by atoms with Crippen LogP contribution in [-0.2, 0) is 17.3 Å². The fraction of sp³-hybridized carbons (Fsp3) is 0.455. The van der Waals surface area contributed by atoms with Gasteiger partial charge in [0, 0.05) is 0 Å².